The van der Waals surface area contributed by atoms with Crippen LogP contribution in [0.1, 0.15) is 19.3 Å². The van der Waals surface area contributed by atoms with E-state index in [2.05, 4.69) is 4.90 Å². The number of rotatable bonds is 4. The molecule has 2 unspecified atom stereocenters. The number of nitrogens with zero attached hydrogens (tertiary/aromatic N) is 1. The van der Waals surface area contributed by atoms with E-state index in [9.17, 15) is 4.79 Å². The van der Waals surface area contributed by atoms with Gasteiger partial charge in [0.1, 0.15) is 5.75 Å². The summed E-state index contributed by atoms with van der Waals surface area (Å²) in [5, 5.41) is 0. The molecule has 2 bridgehead atoms. The summed E-state index contributed by atoms with van der Waals surface area (Å²) >= 11 is 0. The SMILES string of the molecule is NC(=O)CC1C2CCN(CC2)C1Oc1ccccc1N. The first-order valence-corrected chi connectivity index (χ1v) is 7.18. The summed E-state index contributed by atoms with van der Waals surface area (Å²) in [5.41, 5.74) is 12.0. The van der Waals surface area contributed by atoms with Crippen molar-refractivity contribution in [3.63, 3.8) is 0 Å². The average Bonchev–Trinajstić information content (AvgIpc) is 2.44. The van der Waals surface area contributed by atoms with Gasteiger partial charge in [-0.25, -0.2) is 0 Å². The van der Waals surface area contributed by atoms with Crippen molar-refractivity contribution >= 4 is 11.6 Å². The lowest BCUT2D eigenvalue weighted by Crippen LogP contribution is -2.57. The molecule has 3 saturated heterocycles. The van der Waals surface area contributed by atoms with Crippen LogP contribution in [0.2, 0.25) is 0 Å². The summed E-state index contributed by atoms with van der Waals surface area (Å²) < 4.78 is 6.13. The number of primary amides is 1. The molecule has 0 aromatic heterocycles. The molecule has 1 aromatic carbocycles. The largest absolute Gasteiger partial charge is 0.473 e. The molecular formula is C15H21N3O2. The van der Waals surface area contributed by atoms with E-state index in [-0.39, 0.29) is 18.1 Å². The van der Waals surface area contributed by atoms with Crippen LogP contribution in [-0.4, -0.2) is 30.1 Å². The summed E-state index contributed by atoms with van der Waals surface area (Å²) in [4.78, 5) is 13.6. The van der Waals surface area contributed by atoms with E-state index in [4.69, 9.17) is 16.2 Å². The smallest absolute Gasteiger partial charge is 0.217 e. The molecule has 1 aromatic rings. The Kier molecular flexibility index (Phi) is 3.53. The van der Waals surface area contributed by atoms with Crippen molar-refractivity contribution < 1.29 is 9.53 Å². The fourth-order valence-electron chi connectivity index (χ4n) is 3.49. The summed E-state index contributed by atoms with van der Waals surface area (Å²) in [6.07, 6.45) is 2.56. The molecule has 20 heavy (non-hydrogen) atoms. The first-order chi connectivity index (χ1) is 9.65. The van der Waals surface area contributed by atoms with Crippen molar-refractivity contribution in [1.29, 1.82) is 0 Å². The second-order valence-corrected chi connectivity index (χ2v) is 5.75. The van der Waals surface area contributed by atoms with Crippen molar-refractivity contribution in [2.45, 2.75) is 25.5 Å². The number of carbonyl (C=O) groups is 1. The zero-order valence-electron chi connectivity index (χ0n) is 11.5. The van der Waals surface area contributed by atoms with Gasteiger partial charge in [-0.05, 0) is 30.9 Å². The predicted molar refractivity (Wildman–Crippen MR) is 76.9 cm³/mol. The van der Waals surface area contributed by atoms with Crippen LogP contribution in [0.3, 0.4) is 0 Å². The van der Waals surface area contributed by atoms with Crippen molar-refractivity contribution in [2.75, 3.05) is 18.8 Å². The van der Waals surface area contributed by atoms with Gasteiger partial charge in [0, 0.05) is 25.4 Å². The first-order valence-electron chi connectivity index (χ1n) is 7.18. The molecular weight excluding hydrogens is 254 g/mol. The maximum Gasteiger partial charge on any atom is 0.217 e. The number of para-hydroxylation sites is 2. The number of hydrogen-bond donors (Lipinski definition) is 2. The molecule has 0 spiro atoms. The molecule has 1 amide bonds. The second-order valence-electron chi connectivity index (χ2n) is 5.75. The lowest BCUT2D eigenvalue weighted by molar-refractivity contribution is -0.133. The number of nitrogens with two attached hydrogens (primary N) is 2. The predicted octanol–water partition coefficient (Wildman–Crippen LogP) is 1.19. The van der Waals surface area contributed by atoms with E-state index in [0.717, 1.165) is 25.9 Å². The highest BCUT2D eigenvalue weighted by Crippen LogP contribution is 2.40. The van der Waals surface area contributed by atoms with E-state index in [1.54, 1.807) is 0 Å². The minimum atomic E-state index is -0.251. The normalized spacial score (nSPS) is 32.0. The molecule has 2 atom stereocenters. The van der Waals surface area contributed by atoms with E-state index < -0.39 is 0 Å². The molecule has 4 rings (SSSR count). The van der Waals surface area contributed by atoms with E-state index in [1.807, 2.05) is 24.3 Å². The topological polar surface area (TPSA) is 81.6 Å². The molecule has 0 aliphatic carbocycles. The van der Waals surface area contributed by atoms with Gasteiger partial charge in [0.25, 0.3) is 0 Å². The van der Waals surface area contributed by atoms with Crippen LogP contribution in [0.15, 0.2) is 24.3 Å². The Morgan fingerprint density at radius 3 is 2.65 bits per heavy atom. The average molecular weight is 275 g/mol. The Labute approximate surface area is 118 Å². The molecule has 3 aliphatic rings. The Balaban J connectivity index is 1.81. The highest BCUT2D eigenvalue weighted by molar-refractivity contribution is 5.74. The van der Waals surface area contributed by atoms with Crippen LogP contribution in [0.25, 0.3) is 0 Å². The van der Waals surface area contributed by atoms with Gasteiger partial charge < -0.3 is 16.2 Å². The summed E-state index contributed by atoms with van der Waals surface area (Å²) in [5.74, 6) is 1.15. The standard InChI is InChI=1S/C15H21N3O2/c16-12-3-1-2-4-13(12)20-15-11(9-14(17)19)10-5-7-18(15)8-6-10/h1-4,10-11,15H,5-9,16H2,(H2,17,19). The van der Waals surface area contributed by atoms with Crippen LogP contribution in [0.5, 0.6) is 5.75 Å². The summed E-state index contributed by atoms with van der Waals surface area (Å²) in [6, 6.07) is 7.50. The number of nitrogen functional groups attached to an aromatic ring is 1. The molecule has 3 heterocycles. The Bertz CT molecular complexity index is 498. The van der Waals surface area contributed by atoms with Crippen LogP contribution in [0, 0.1) is 11.8 Å². The molecule has 0 radical (unpaired) electrons. The third kappa shape index (κ3) is 2.45. The molecule has 5 heteroatoms. The lowest BCUT2D eigenvalue weighted by atomic mass is 9.76. The number of piperidine rings is 3. The van der Waals surface area contributed by atoms with Gasteiger partial charge in [0.05, 0.1) is 5.69 Å². The van der Waals surface area contributed by atoms with Crippen molar-refractivity contribution in [3.8, 4) is 5.75 Å². The maximum atomic E-state index is 11.3. The lowest BCUT2D eigenvalue weighted by Gasteiger charge is -2.50. The van der Waals surface area contributed by atoms with Gasteiger partial charge in [-0.3, -0.25) is 9.69 Å². The minimum Gasteiger partial charge on any atom is -0.473 e. The van der Waals surface area contributed by atoms with Gasteiger partial charge >= 0.3 is 0 Å². The highest BCUT2D eigenvalue weighted by atomic mass is 16.5. The number of benzene rings is 1. The van der Waals surface area contributed by atoms with Crippen LogP contribution < -0.4 is 16.2 Å². The van der Waals surface area contributed by atoms with Gasteiger partial charge in [-0.2, -0.15) is 0 Å². The fourth-order valence-corrected chi connectivity index (χ4v) is 3.49. The van der Waals surface area contributed by atoms with Crippen LogP contribution >= 0.6 is 0 Å². The molecule has 108 valence electrons. The molecule has 0 saturated carbocycles. The minimum absolute atomic E-state index is 0.0836. The number of ether oxygens (including phenoxy) is 1. The summed E-state index contributed by atoms with van der Waals surface area (Å²) in [7, 11) is 0. The highest BCUT2D eigenvalue weighted by Gasteiger charge is 2.44. The number of amides is 1. The summed E-state index contributed by atoms with van der Waals surface area (Å²) in [6.45, 7) is 2.05. The van der Waals surface area contributed by atoms with E-state index in [1.165, 1.54) is 0 Å². The van der Waals surface area contributed by atoms with Crippen molar-refractivity contribution in [3.05, 3.63) is 24.3 Å². The maximum absolute atomic E-state index is 11.3. The zero-order chi connectivity index (χ0) is 14.1. The molecule has 5 nitrogen and oxygen atoms in total. The number of anilines is 1. The quantitative estimate of drug-likeness (QED) is 0.809. The van der Waals surface area contributed by atoms with Crippen LogP contribution in [0.4, 0.5) is 5.69 Å². The third-order valence-electron chi connectivity index (χ3n) is 4.51. The monoisotopic (exact) mass is 275 g/mol. The third-order valence-corrected chi connectivity index (χ3v) is 4.51. The van der Waals surface area contributed by atoms with Crippen molar-refractivity contribution in [2.24, 2.45) is 17.6 Å². The number of fused-ring (bicyclic) bond motifs is 3. The Morgan fingerprint density at radius 2 is 2.00 bits per heavy atom. The molecule has 3 aliphatic heterocycles. The Morgan fingerprint density at radius 1 is 1.30 bits per heavy atom. The number of hydrogen-bond acceptors (Lipinski definition) is 4. The second kappa shape index (κ2) is 5.32. The van der Waals surface area contributed by atoms with Crippen molar-refractivity contribution in [1.82, 2.24) is 4.90 Å². The van der Waals surface area contributed by atoms with Crippen LogP contribution in [-0.2, 0) is 4.79 Å². The number of carbonyl (C=O) groups excluding carboxylic acids is 1. The van der Waals surface area contributed by atoms with Gasteiger partial charge in [-0.15, -0.1) is 0 Å². The van der Waals surface area contributed by atoms with Gasteiger partial charge in [0.2, 0.25) is 5.91 Å². The van der Waals surface area contributed by atoms with E-state index in [0.29, 0.717) is 23.8 Å². The zero-order valence-corrected chi connectivity index (χ0v) is 11.5. The fraction of sp³-hybridized carbons (Fsp3) is 0.533. The Hall–Kier alpha value is -1.75. The molecule has 3 fully saturated rings. The molecule has 4 N–H and O–H groups in total. The van der Waals surface area contributed by atoms with E-state index >= 15 is 0 Å². The first kappa shape index (κ1) is 13.2. The van der Waals surface area contributed by atoms with Gasteiger partial charge in [-0.1, -0.05) is 12.1 Å². The van der Waals surface area contributed by atoms with Gasteiger partial charge in [0.15, 0.2) is 6.23 Å².